The van der Waals surface area contributed by atoms with Crippen LogP contribution < -0.4 is 56.5 Å². The fourth-order valence-electron chi connectivity index (χ4n) is 1.93. The van der Waals surface area contributed by atoms with Gasteiger partial charge in [-0.3, -0.25) is 4.79 Å². The Bertz CT molecular complexity index is 346. The maximum absolute atomic E-state index is 11.4. The summed E-state index contributed by atoms with van der Waals surface area (Å²) in [6.07, 6.45) is 18.6. The van der Waals surface area contributed by atoms with Crippen LogP contribution in [0.25, 0.3) is 0 Å². The van der Waals surface area contributed by atoms with Gasteiger partial charge in [0.15, 0.2) is 0 Å². The van der Waals surface area contributed by atoms with E-state index in [1.54, 1.807) is 6.08 Å². The van der Waals surface area contributed by atoms with Crippen LogP contribution in [0.5, 0.6) is 0 Å². The molecule has 0 atom stereocenters. The Hall–Kier alpha value is 0.126. The van der Waals surface area contributed by atoms with E-state index in [-0.39, 0.29) is 63.6 Å². The normalized spacial score (nSPS) is 12.0. The summed E-state index contributed by atoms with van der Waals surface area (Å²) in [5, 5.41) is 19.9. The van der Waals surface area contributed by atoms with Crippen molar-refractivity contribution in [2.75, 3.05) is 0 Å². The number of allylic oxidation sites excluding steroid dienone is 5. The van der Waals surface area contributed by atoms with Gasteiger partial charge in [0, 0.05) is 6.42 Å². The third-order valence-electron chi connectivity index (χ3n) is 3.13. The molecule has 22 heavy (non-hydrogen) atoms. The fraction of sp³-hybridized carbons (Fsp3) is 0.611. The first kappa shape index (κ1) is 24.4. The first-order valence-electron chi connectivity index (χ1n) is 8.04. The van der Waals surface area contributed by atoms with Crippen molar-refractivity contribution in [1.29, 1.82) is 0 Å². The smallest absolute Gasteiger partial charge is 0.875 e. The van der Waals surface area contributed by atoms with Crippen LogP contribution in [0.4, 0.5) is 0 Å². The molecule has 0 saturated carbocycles. The van der Waals surface area contributed by atoms with E-state index in [9.17, 15) is 9.90 Å². The molecule has 0 rings (SSSR count). The number of aliphatic carboxylic acids is 1. The van der Waals surface area contributed by atoms with Gasteiger partial charge in [-0.2, -0.15) is 0 Å². The molecule has 0 amide bonds. The van der Waals surface area contributed by atoms with Crippen LogP contribution in [-0.2, 0) is 4.79 Å². The van der Waals surface area contributed by atoms with E-state index in [1.165, 1.54) is 0 Å². The van der Waals surface area contributed by atoms with Gasteiger partial charge < -0.3 is 10.2 Å². The summed E-state index contributed by atoms with van der Waals surface area (Å²) in [4.78, 5) is 10.3. The molecule has 0 aliphatic rings. The summed E-state index contributed by atoms with van der Waals surface area (Å²) in [6.45, 7) is 2.06. The minimum Gasteiger partial charge on any atom is -0.875 e. The van der Waals surface area contributed by atoms with Crippen LogP contribution >= 0.6 is 0 Å². The van der Waals surface area contributed by atoms with E-state index >= 15 is 0 Å². The van der Waals surface area contributed by atoms with Crippen LogP contribution in [0.1, 0.15) is 71.1 Å². The van der Waals surface area contributed by atoms with Crippen LogP contribution in [0.3, 0.4) is 0 Å². The average Bonchev–Trinajstić information content (AvgIpc) is 2.44. The molecule has 0 aliphatic heterocycles. The molecule has 0 saturated heterocycles. The number of carboxylic acids is 1. The standard InChI is InChI=1S/C18H30O3.K/c1-2-3-11-14-17(19)15-12-9-7-5-4-6-8-10-13-16-18(20)21;/h3,7,9,11,15,19H,2,4-6,8,10,12-14,16H2,1H3,(H,20,21);/q;+1/p-1/b9-7-,11-3-,17-15+;. The van der Waals surface area contributed by atoms with Gasteiger partial charge in [-0.1, -0.05) is 56.6 Å². The van der Waals surface area contributed by atoms with Gasteiger partial charge in [-0.15, -0.1) is 5.76 Å². The third kappa shape index (κ3) is 20.1. The number of rotatable bonds is 13. The van der Waals surface area contributed by atoms with E-state index in [2.05, 4.69) is 13.0 Å². The Morgan fingerprint density at radius 2 is 1.68 bits per heavy atom. The van der Waals surface area contributed by atoms with E-state index < -0.39 is 5.97 Å². The topological polar surface area (TPSA) is 60.4 Å². The van der Waals surface area contributed by atoms with Crippen molar-refractivity contribution < 1.29 is 66.4 Å². The molecular weight excluding hydrogens is 303 g/mol. The minimum atomic E-state index is -0.700. The Morgan fingerprint density at radius 3 is 2.36 bits per heavy atom. The second-order valence-corrected chi connectivity index (χ2v) is 5.16. The summed E-state index contributed by atoms with van der Waals surface area (Å²) in [6, 6.07) is 0. The van der Waals surface area contributed by atoms with Crippen LogP contribution in [-0.4, -0.2) is 11.1 Å². The maximum atomic E-state index is 11.4. The predicted octanol–water partition coefficient (Wildman–Crippen LogP) is 1.35. The fourth-order valence-corrected chi connectivity index (χ4v) is 1.93. The Labute approximate surface area is 178 Å². The third-order valence-corrected chi connectivity index (χ3v) is 3.13. The van der Waals surface area contributed by atoms with Gasteiger partial charge in [-0.25, -0.2) is 0 Å². The van der Waals surface area contributed by atoms with Gasteiger partial charge in [0.2, 0.25) is 0 Å². The van der Waals surface area contributed by atoms with Gasteiger partial charge in [0.25, 0.3) is 0 Å². The molecule has 0 heterocycles. The van der Waals surface area contributed by atoms with Crippen molar-refractivity contribution in [1.82, 2.24) is 0 Å². The van der Waals surface area contributed by atoms with Crippen molar-refractivity contribution >= 4 is 5.97 Å². The zero-order chi connectivity index (χ0) is 15.8. The molecule has 3 nitrogen and oxygen atoms in total. The first-order valence-corrected chi connectivity index (χ1v) is 8.04. The summed E-state index contributed by atoms with van der Waals surface area (Å²) >= 11 is 0. The molecule has 0 radical (unpaired) electrons. The van der Waals surface area contributed by atoms with Gasteiger partial charge in [0.1, 0.15) is 0 Å². The van der Waals surface area contributed by atoms with Crippen LogP contribution in [0, 0.1) is 0 Å². The van der Waals surface area contributed by atoms with Gasteiger partial charge in [-0.05, 0) is 38.5 Å². The number of unbranched alkanes of at least 4 members (excludes halogenated alkanes) is 5. The van der Waals surface area contributed by atoms with Crippen molar-refractivity contribution in [3.05, 3.63) is 36.1 Å². The minimum absolute atomic E-state index is 0. The summed E-state index contributed by atoms with van der Waals surface area (Å²) in [5.74, 6) is -0.517. The molecular formula is C18H29KO3. The van der Waals surface area contributed by atoms with Crippen molar-refractivity contribution in [2.24, 2.45) is 0 Å². The molecule has 0 bridgehead atoms. The van der Waals surface area contributed by atoms with Gasteiger partial charge >= 0.3 is 57.4 Å². The van der Waals surface area contributed by atoms with E-state index in [0.717, 1.165) is 51.4 Å². The van der Waals surface area contributed by atoms with Crippen molar-refractivity contribution in [3.8, 4) is 0 Å². The Balaban J connectivity index is 0. The molecule has 120 valence electrons. The summed E-state index contributed by atoms with van der Waals surface area (Å²) in [7, 11) is 0. The number of carbonyl (C=O) groups is 1. The molecule has 0 fully saturated rings. The van der Waals surface area contributed by atoms with Crippen LogP contribution in [0.15, 0.2) is 36.1 Å². The van der Waals surface area contributed by atoms with E-state index in [0.29, 0.717) is 6.42 Å². The number of hydrogen-bond acceptors (Lipinski definition) is 2. The molecule has 0 unspecified atom stereocenters. The quantitative estimate of drug-likeness (QED) is 0.240. The molecule has 4 heteroatoms. The zero-order valence-electron chi connectivity index (χ0n) is 14.2. The van der Waals surface area contributed by atoms with Crippen molar-refractivity contribution in [3.63, 3.8) is 0 Å². The molecule has 0 aromatic carbocycles. The second-order valence-electron chi connectivity index (χ2n) is 5.16. The number of carboxylic acid groups (broad SMARTS) is 1. The molecule has 0 spiro atoms. The summed E-state index contributed by atoms with van der Waals surface area (Å²) < 4.78 is 0. The van der Waals surface area contributed by atoms with E-state index in [1.807, 2.05) is 18.2 Å². The Kier molecular flexibility index (Phi) is 21.2. The summed E-state index contributed by atoms with van der Waals surface area (Å²) in [5.41, 5.74) is 0. The van der Waals surface area contributed by atoms with Crippen molar-refractivity contribution in [2.45, 2.75) is 71.1 Å². The number of hydrogen-bond donors (Lipinski definition) is 1. The predicted molar refractivity (Wildman–Crippen MR) is 85.8 cm³/mol. The zero-order valence-corrected chi connectivity index (χ0v) is 17.3. The SMILES string of the molecule is CC/C=C\C/C([O-])=C\C/C=C\CCCCCCCC(=O)O.[K+]. The van der Waals surface area contributed by atoms with Gasteiger partial charge in [0.05, 0.1) is 0 Å². The monoisotopic (exact) mass is 332 g/mol. The first-order chi connectivity index (χ1) is 10.2. The molecule has 0 aromatic heterocycles. The largest absolute Gasteiger partial charge is 1.00 e. The molecule has 1 N–H and O–H groups in total. The maximum Gasteiger partial charge on any atom is 1.00 e. The van der Waals surface area contributed by atoms with E-state index in [4.69, 9.17) is 5.11 Å². The average molecular weight is 333 g/mol. The second kappa shape index (κ2) is 19.2. The molecule has 0 aromatic rings. The molecule has 0 aliphatic carbocycles. The Morgan fingerprint density at radius 1 is 1.00 bits per heavy atom. The van der Waals surface area contributed by atoms with Crippen LogP contribution in [0.2, 0.25) is 0 Å².